The summed E-state index contributed by atoms with van der Waals surface area (Å²) in [7, 11) is 0. The van der Waals surface area contributed by atoms with Crippen molar-refractivity contribution in [3.63, 3.8) is 0 Å². The lowest BCUT2D eigenvalue weighted by molar-refractivity contribution is -0.113. The van der Waals surface area contributed by atoms with Crippen LogP contribution in [0.4, 0.5) is 0 Å². The minimum atomic E-state index is -0.225. The smallest absolute Gasteiger partial charge is 0.284 e. The van der Waals surface area contributed by atoms with Crippen LogP contribution in [-0.2, 0) is 4.79 Å². The van der Waals surface area contributed by atoms with Gasteiger partial charge in [-0.2, -0.15) is 0 Å². The standard InChI is InChI=1S/C20H18BrNO3S/c1-3-24-16-11-13(10-15(21)18(16)25-4-2)12-17-19(23)22-20(26-17)14-8-6-5-7-9-14/h5-12H,3-4H2,1-2H3. The number of nitrogens with zero attached hydrogens (tertiary/aromatic N) is 1. The van der Waals surface area contributed by atoms with E-state index in [4.69, 9.17) is 9.47 Å². The summed E-state index contributed by atoms with van der Waals surface area (Å²) in [4.78, 5) is 17.0. The highest BCUT2D eigenvalue weighted by molar-refractivity contribution is 9.10. The van der Waals surface area contributed by atoms with Gasteiger partial charge < -0.3 is 9.47 Å². The van der Waals surface area contributed by atoms with Gasteiger partial charge in [-0.3, -0.25) is 4.79 Å². The van der Waals surface area contributed by atoms with Gasteiger partial charge in [0.05, 0.1) is 22.6 Å². The van der Waals surface area contributed by atoms with Crippen molar-refractivity contribution >= 4 is 44.7 Å². The monoisotopic (exact) mass is 431 g/mol. The van der Waals surface area contributed by atoms with E-state index in [1.54, 1.807) is 0 Å². The summed E-state index contributed by atoms with van der Waals surface area (Å²) < 4.78 is 12.1. The molecule has 1 amide bonds. The van der Waals surface area contributed by atoms with E-state index >= 15 is 0 Å². The molecule has 0 unspecified atom stereocenters. The number of aliphatic imine (C=N–C) groups is 1. The number of carbonyl (C=O) groups excluding carboxylic acids is 1. The Kier molecular flexibility index (Phi) is 6.16. The number of hydrogen-bond acceptors (Lipinski definition) is 4. The van der Waals surface area contributed by atoms with E-state index in [-0.39, 0.29) is 5.91 Å². The van der Waals surface area contributed by atoms with E-state index in [0.717, 1.165) is 20.6 Å². The first kappa shape index (κ1) is 18.7. The van der Waals surface area contributed by atoms with E-state index in [1.165, 1.54) is 11.8 Å². The SMILES string of the molecule is CCOc1cc(C=C2SC(c3ccccc3)=NC2=O)cc(Br)c1OCC. The van der Waals surface area contributed by atoms with Crippen LogP contribution in [0, 0.1) is 0 Å². The number of halogens is 1. The van der Waals surface area contributed by atoms with Crippen molar-refractivity contribution < 1.29 is 14.3 Å². The maximum absolute atomic E-state index is 12.3. The maximum Gasteiger partial charge on any atom is 0.284 e. The van der Waals surface area contributed by atoms with Crippen molar-refractivity contribution in [2.45, 2.75) is 13.8 Å². The van der Waals surface area contributed by atoms with Crippen molar-refractivity contribution in [1.82, 2.24) is 0 Å². The molecule has 0 aliphatic carbocycles. The average molecular weight is 432 g/mol. The molecular formula is C20H18BrNO3S. The Balaban J connectivity index is 1.90. The molecule has 134 valence electrons. The molecule has 0 saturated carbocycles. The van der Waals surface area contributed by atoms with Crippen LogP contribution >= 0.6 is 27.7 Å². The lowest BCUT2D eigenvalue weighted by Gasteiger charge is -2.13. The van der Waals surface area contributed by atoms with Crippen LogP contribution in [0.3, 0.4) is 0 Å². The van der Waals surface area contributed by atoms with Gasteiger partial charge >= 0.3 is 0 Å². The second-order valence-corrected chi connectivity index (χ2v) is 7.28. The molecular weight excluding hydrogens is 414 g/mol. The Labute approximate surface area is 165 Å². The molecule has 0 aromatic heterocycles. The predicted octanol–water partition coefficient (Wildman–Crippen LogP) is 5.31. The minimum Gasteiger partial charge on any atom is -0.490 e. The number of rotatable bonds is 6. The van der Waals surface area contributed by atoms with Crippen LogP contribution in [0.2, 0.25) is 0 Å². The highest BCUT2D eigenvalue weighted by Crippen LogP contribution is 2.39. The van der Waals surface area contributed by atoms with Crippen LogP contribution in [0.1, 0.15) is 25.0 Å². The fourth-order valence-electron chi connectivity index (χ4n) is 2.48. The second kappa shape index (κ2) is 8.56. The van der Waals surface area contributed by atoms with Gasteiger partial charge in [-0.25, -0.2) is 4.99 Å². The molecule has 2 aromatic carbocycles. The van der Waals surface area contributed by atoms with Gasteiger partial charge in [0.1, 0.15) is 5.04 Å². The molecule has 0 spiro atoms. The van der Waals surface area contributed by atoms with Crippen molar-refractivity contribution in [2.24, 2.45) is 4.99 Å². The third kappa shape index (κ3) is 4.19. The number of ether oxygens (including phenoxy) is 2. The summed E-state index contributed by atoms with van der Waals surface area (Å²) in [5.74, 6) is 1.09. The number of benzene rings is 2. The molecule has 1 heterocycles. The normalized spacial score (nSPS) is 15.3. The molecule has 0 atom stereocenters. The minimum absolute atomic E-state index is 0.225. The zero-order valence-electron chi connectivity index (χ0n) is 14.5. The van der Waals surface area contributed by atoms with Gasteiger partial charge in [-0.05, 0) is 53.5 Å². The number of hydrogen-bond donors (Lipinski definition) is 0. The summed E-state index contributed by atoms with van der Waals surface area (Å²) >= 11 is 4.91. The zero-order chi connectivity index (χ0) is 18.5. The largest absolute Gasteiger partial charge is 0.490 e. The molecule has 0 radical (unpaired) electrons. The molecule has 2 aromatic rings. The fraction of sp³-hybridized carbons (Fsp3) is 0.200. The van der Waals surface area contributed by atoms with Crippen LogP contribution in [0.5, 0.6) is 11.5 Å². The van der Waals surface area contributed by atoms with Crippen LogP contribution in [-0.4, -0.2) is 24.2 Å². The van der Waals surface area contributed by atoms with Gasteiger partial charge in [0.15, 0.2) is 11.5 Å². The summed E-state index contributed by atoms with van der Waals surface area (Å²) in [6.45, 7) is 4.92. The topological polar surface area (TPSA) is 47.9 Å². The lowest BCUT2D eigenvalue weighted by Crippen LogP contribution is -2.00. The van der Waals surface area contributed by atoms with Crippen LogP contribution in [0.25, 0.3) is 6.08 Å². The van der Waals surface area contributed by atoms with Crippen LogP contribution in [0.15, 0.2) is 56.8 Å². The Morgan fingerprint density at radius 2 is 1.85 bits per heavy atom. The highest BCUT2D eigenvalue weighted by atomic mass is 79.9. The number of carbonyl (C=O) groups is 1. The second-order valence-electron chi connectivity index (χ2n) is 5.39. The molecule has 0 fully saturated rings. The van der Waals surface area contributed by atoms with E-state index in [1.807, 2.05) is 62.4 Å². The first-order chi connectivity index (χ1) is 12.6. The fourth-order valence-corrected chi connectivity index (χ4v) is 3.98. The van der Waals surface area contributed by atoms with Gasteiger partial charge in [0.2, 0.25) is 0 Å². The van der Waals surface area contributed by atoms with Gasteiger partial charge in [-0.15, -0.1) is 0 Å². The summed E-state index contributed by atoms with van der Waals surface area (Å²) in [5, 5.41) is 0.719. The third-order valence-corrected chi connectivity index (χ3v) is 5.18. The molecule has 26 heavy (non-hydrogen) atoms. The molecule has 3 rings (SSSR count). The third-order valence-electron chi connectivity index (χ3n) is 3.56. The Bertz CT molecular complexity index is 878. The molecule has 6 heteroatoms. The van der Waals surface area contributed by atoms with E-state index in [2.05, 4.69) is 20.9 Å². The molecule has 0 saturated heterocycles. The van der Waals surface area contributed by atoms with Gasteiger partial charge in [0, 0.05) is 5.56 Å². The summed E-state index contributed by atoms with van der Waals surface area (Å²) in [6.07, 6.45) is 1.83. The summed E-state index contributed by atoms with van der Waals surface area (Å²) in [5.41, 5.74) is 1.79. The molecule has 4 nitrogen and oxygen atoms in total. The Morgan fingerprint density at radius 1 is 1.12 bits per heavy atom. The van der Waals surface area contributed by atoms with E-state index in [0.29, 0.717) is 29.6 Å². The predicted molar refractivity (Wildman–Crippen MR) is 110 cm³/mol. The van der Waals surface area contributed by atoms with Crippen molar-refractivity contribution in [1.29, 1.82) is 0 Å². The summed E-state index contributed by atoms with van der Waals surface area (Å²) in [6, 6.07) is 13.5. The molecule has 0 bridgehead atoms. The number of thioether (sulfide) groups is 1. The van der Waals surface area contributed by atoms with Crippen molar-refractivity contribution in [3.05, 3.63) is 63.0 Å². The Hall–Kier alpha value is -2.05. The first-order valence-corrected chi connectivity index (χ1v) is 9.90. The zero-order valence-corrected chi connectivity index (χ0v) is 16.9. The molecule has 0 N–H and O–H groups in total. The van der Waals surface area contributed by atoms with Crippen molar-refractivity contribution in [3.8, 4) is 11.5 Å². The number of amides is 1. The lowest BCUT2D eigenvalue weighted by atomic mass is 10.2. The van der Waals surface area contributed by atoms with Crippen LogP contribution < -0.4 is 9.47 Å². The maximum atomic E-state index is 12.3. The van der Waals surface area contributed by atoms with Crippen molar-refractivity contribution in [2.75, 3.05) is 13.2 Å². The molecule has 1 aliphatic heterocycles. The molecule has 1 aliphatic rings. The highest BCUT2D eigenvalue weighted by Gasteiger charge is 2.23. The van der Waals surface area contributed by atoms with E-state index < -0.39 is 0 Å². The quantitative estimate of drug-likeness (QED) is 0.581. The van der Waals surface area contributed by atoms with E-state index in [9.17, 15) is 4.79 Å². The first-order valence-electron chi connectivity index (χ1n) is 8.29. The van der Waals surface area contributed by atoms with Gasteiger partial charge in [0.25, 0.3) is 5.91 Å². The Morgan fingerprint density at radius 3 is 2.54 bits per heavy atom. The average Bonchev–Trinajstić information content (AvgIpc) is 3.00. The van der Waals surface area contributed by atoms with Gasteiger partial charge in [-0.1, -0.05) is 42.1 Å².